The smallest absolute Gasteiger partial charge is 0.305 e. The Morgan fingerprint density at radius 3 is 2.57 bits per heavy atom. The third-order valence-electron chi connectivity index (χ3n) is 3.02. The van der Waals surface area contributed by atoms with Crippen molar-refractivity contribution in [3.8, 4) is 0 Å². The van der Waals surface area contributed by atoms with Crippen LogP contribution in [0.15, 0.2) is 0 Å². The van der Waals surface area contributed by atoms with E-state index in [1.807, 2.05) is 0 Å². The molecule has 3 heteroatoms. The van der Waals surface area contributed by atoms with Crippen molar-refractivity contribution >= 4 is 14.0 Å². The van der Waals surface area contributed by atoms with Crippen molar-refractivity contribution in [1.29, 1.82) is 0 Å². The molecule has 1 aliphatic heterocycles. The van der Waals surface area contributed by atoms with Gasteiger partial charge in [0.15, 0.2) is 0 Å². The molecule has 0 N–H and O–H groups in total. The summed E-state index contributed by atoms with van der Waals surface area (Å²) in [4.78, 5) is 11.3. The molecule has 14 heavy (non-hydrogen) atoms. The van der Waals surface area contributed by atoms with Crippen LogP contribution in [0.4, 0.5) is 0 Å². The van der Waals surface area contributed by atoms with Crippen LogP contribution in [0.3, 0.4) is 0 Å². The van der Waals surface area contributed by atoms with Crippen LogP contribution in [0.1, 0.15) is 32.1 Å². The molecule has 1 aliphatic rings. The Morgan fingerprint density at radius 1 is 1.07 bits per heavy atom. The van der Waals surface area contributed by atoms with E-state index in [4.69, 9.17) is 4.74 Å². The van der Waals surface area contributed by atoms with E-state index in [0.717, 1.165) is 12.5 Å². The van der Waals surface area contributed by atoms with Gasteiger partial charge in [-0.15, -0.1) is 0 Å². The summed E-state index contributed by atoms with van der Waals surface area (Å²) in [6.45, 7) is 5.41. The van der Waals surface area contributed by atoms with E-state index in [2.05, 4.69) is 13.1 Å². The van der Waals surface area contributed by atoms with Crippen LogP contribution >= 0.6 is 0 Å². The molecule has 0 aromatic rings. The van der Waals surface area contributed by atoms with Crippen LogP contribution in [0.25, 0.3) is 0 Å². The minimum Gasteiger partial charge on any atom is -0.466 e. The number of carbonyl (C=O) groups excluding carboxylic acids is 1. The van der Waals surface area contributed by atoms with E-state index in [-0.39, 0.29) is 5.97 Å². The van der Waals surface area contributed by atoms with Gasteiger partial charge in [-0.1, -0.05) is 38.4 Å². The molecule has 2 nitrogen and oxygen atoms in total. The van der Waals surface area contributed by atoms with Crippen molar-refractivity contribution in [2.75, 3.05) is 6.61 Å². The first-order chi connectivity index (χ1) is 6.60. The lowest BCUT2D eigenvalue weighted by atomic mass is 10.2. The maximum atomic E-state index is 11.3. The first-order valence-electron chi connectivity index (χ1n) is 5.76. The maximum absolute atomic E-state index is 11.3. The van der Waals surface area contributed by atoms with Crippen LogP contribution in [0, 0.1) is 0 Å². The zero-order valence-electron chi connectivity index (χ0n) is 9.47. The van der Waals surface area contributed by atoms with Gasteiger partial charge >= 0.3 is 5.97 Å². The third kappa shape index (κ3) is 4.79. The molecule has 1 heterocycles. The second kappa shape index (κ2) is 5.54. The van der Waals surface area contributed by atoms with E-state index in [9.17, 15) is 4.79 Å². The molecule has 0 aromatic heterocycles. The lowest BCUT2D eigenvalue weighted by molar-refractivity contribution is -0.143. The number of carbonyl (C=O) groups is 1. The molecule has 0 saturated carbocycles. The summed E-state index contributed by atoms with van der Waals surface area (Å²) in [5.41, 5.74) is 0. The molecule has 0 spiro atoms. The van der Waals surface area contributed by atoms with Crippen LogP contribution in [0.2, 0.25) is 25.2 Å². The highest BCUT2D eigenvalue weighted by Crippen LogP contribution is 2.22. The number of hydrogen-bond acceptors (Lipinski definition) is 2. The van der Waals surface area contributed by atoms with Crippen molar-refractivity contribution in [1.82, 2.24) is 0 Å². The molecule has 1 saturated heterocycles. The molecule has 0 aromatic carbocycles. The number of cyclic esters (lactones) is 1. The minimum absolute atomic E-state index is 0.0208. The quantitative estimate of drug-likeness (QED) is 0.457. The Balaban J connectivity index is 2.42. The lowest BCUT2D eigenvalue weighted by Crippen LogP contribution is -2.25. The average Bonchev–Trinajstić information content (AvgIpc) is 2.15. The molecule has 1 fully saturated rings. The monoisotopic (exact) mass is 214 g/mol. The lowest BCUT2D eigenvalue weighted by Gasteiger charge is -2.21. The molecule has 0 aliphatic carbocycles. The molecule has 0 amide bonds. The first kappa shape index (κ1) is 11.8. The molecular weight excluding hydrogens is 192 g/mol. The van der Waals surface area contributed by atoms with Crippen molar-refractivity contribution in [2.45, 2.75) is 57.3 Å². The Kier molecular flexibility index (Phi) is 4.65. The van der Waals surface area contributed by atoms with Gasteiger partial charge in [0.25, 0.3) is 0 Å². The fourth-order valence-corrected chi connectivity index (χ4v) is 4.22. The van der Waals surface area contributed by atoms with E-state index in [1.165, 1.54) is 25.3 Å². The molecule has 0 bridgehead atoms. The Hall–Kier alpha value is -0.313. The minimum atomic E-state index is -1.09. The summed E-state index contributed by atoms with van der Waals surface area (Å²) >= 11 is 0. The predicted molar refractivity (Wildman–Crippen MR) is 61.1 cm³/mol. The maximum Gasteiger partial charge on any atom is 0.305 e. The zero-order valence-corrected chi connectivity index (χ0v) is 10.5. The first-order valence-corrected chi connectivity index (χ1v) is 9.17. The van der Waals surface area contributed by atoms with Crippen LogP contribution < -0.4 is 0 Å². The Morgan fingerprint density at radius 2 is 1.79 bits per heavy atom. The van der Waals surface area contributed by atoms with E-state index >= 15 is 0 Å². The fraction of sp³-hybridized carbons (Fsp3) is 0.909. The van der Waals surface area contributed by atoms with Gasteiger partial charge in [0.2, 0.25) is 0 Å². The summed E-state index contributed by atoms with van der Waals surface area (Å²) in [7, 11) is -1.09. The number of rotatable bonds is 0. The summed E-state index contributed by atoms with van der Waals surface area (Å²) in [6.07, 6.45) is 5.59. The summed E-state index contributed by atoms with van der Waals surface area (Å²) in [5, 5.41) is 0. The number of ether oxygens (including phenoxy) is 1. The average molecular weight is 214 g/mol. The molecule has 1 rings (SSSR count). The highest BCUT2D eigenvalue weighted by molar-refractivity contribution is 6.77. The molecule has 82 valence electrons. The van der Waals surface area contributed by atoms with E-state index in [0.29, 0.717) is 13.0 Å². The van der Waals surface area contributed by atoms with Crippen LogP contribution in [-0.4, -0.2) is 20.7 Å². The van der Waals surface area contributed by atoms with E-state index < -0.39 is 8.07 Å². The Bertz CT molecular complexity index is 190. The molecular formula is C11H22O2Si. The van der Waals surface area contributed by atoms with Gasteiger partial charge in [-0.25, -0.2) is 0 Å². The molecule has 0 radical (unpaired) electrons. The highest BCUT2D eigenvalue weighted by Gasteiger charge is 2.21. The van der Waals surface area contributed by atoms with Crippen LogP contribution in [0.5, 0.6) is 0 Å². The van der Waals surface area contributed by atoms with Gasteiger partial charge in [0.1, 0.15) is 0 Å². The van der Waals surface area contributed by atoms with Crippen molar-refractivity contribution in [3.05, 3.63) is 0 Å². The molecule has 0 unspecified atom stereocenters. The highest BCUT2D eigenvalue weighted by atomic mass is 28.3. The van der Waals surface area contributed by atoms with E-state index in [1.54, 1.807) is 0 Å². The number of hydrogen-bond donors (Lipinski definition) is 0. The van der Waals surface area contributed by atoms with Crippen molar-refractivity contribution in [2.24, 2.45) is 0 Å². The van der Waals surface area contributed by atoms with Gasteiger partial charge in [0, 0.05) is 14.5 Å². The summed E-state index contributed by atoms with van der Waals surface area (Å²) in [6, 6.07) is 2.48. The van der Waals surface area contributed by atoms with Crippen LogP contribution in [-0.2, 0) is 9.53 Å². The third-order valence-corrected chi connectivity index (χ3v) is 6.33. The topological polar surface area (TPSA) is 26.3 Å². The fourth-order valence-electron chi connectivity index (χ4n) is 1.88. The standard InChI is InChI=1S/C11H22O2Si/c1-14(2)9-6-4-3-5-8-13-11(12)7-10-14/h3-10H2,1-2H3. The summed E-state index contributed by atoms with van der Waals surface area (Å²) in [5.74, 6) is 0.0208. The normalized spacial score (nSPS) is 24.9. The largest absolute Gasteiger partial charge is 0.466 e. The summed E-state index contributed by atoms with van der Waals surface area (Å²) < 4.78 is 5.15. The number of esters is 1. The van der Waals surface area contributed by atoms with Crippen molar-refractivity contribution in [3.63, 3.8) is 0 Å². The van der Waals surface area contributed by atoms with Gasteiger partial charge < -0.3 is 4.74 Å². The molecule has 0 atom stereocenters. The zero-order chi connectivity index (χ0) is 10.4. The Labute approximate surface area is 88.0 Å². The van der Waals surface area contributed by atoms with Gasteiger partial charge in [-0.05, 0) is 12.5 Å². The second-order valence-electron chi connectivity index (χ2n) is 5.05. The SMILES string of the molecule is C[Si]1(C)CCCCCCOC(=O)CC1. The van der Waals surface area contributed by atoms with Gasteiger partial charge in [0.05, 0.1) is 6.61 Å². The predicted octanol–water partition coefficient (Wildman–Crippen LogP) is 3.20. The van der Waals surface area contributed by atoms with Gasteiger partial charge in [-0.2, -0.15) is 0 Å². The van der Waals surface area contributed by atoms with Gasteiger partial charge in [-0.3, -0.25) is 4.79 Å². The second-order valence-corrected chi connectivity index (χ2v) is 10.4. The van der Waals surface area contributed by atoms with Crippen molar-refractivity contribution < 1.29 is 9.53 Å².